The second-order valence-electron chi connectivity index (χ2n) is 3.94. The number of hydrogen-bond donors (Lipinski definition) is 3. The first-order chi connectivity index (χ1) is 6.97. The van der Waals surface area contributed by atoms with Crippen LogP contribution in [-0.4, -0.2) is 51.7 Å². The molecule has 1 heterocycles. The van der Waals surface area contributed by atoms with Gasteiger partial charge in [0.25, 0.3) is 0 Å². The van der Waals surface area contributed by atoms with Crippen LogP contribution in [0.4, 0.5) is 0 Å². The van der Waals surface area contributed by atoms with Crippen LogP contribution in [-0.2, 0) is 4.74 Å². The Balaban J connectivity index is 2.62. The fraction of sp³-hybridized carbons (Fsp3) is 0.800. The Kier molecular flexibility index (Phi) is 4.55. The standard InChI is InChI=1S/C10H17ClO4/c1-5(4-11)3-7-9(13)10(14)8(12)6(2)15-7/h6-10,12-14H,1,3-4H2,2H3. The summed E-state index contributed by atoms with van der Waals surface area (Å²) in [4.78, 5) is 0. The Morgan fingerprint density at radius 3 is 2.40 bits per heavy atom. The van der Waals surface area contributed by atoms with Crippen molar-refractivity contribution in [3.05, 3.63) is 12.2 Å². The van der Waals surface area contributed by atoms with Crippen molar-refractivity contribution >= 4 is 11.6 Å². The molecule has 0 spiro atoms. The summed E-state index contributed by atoms with van der Waals surface area (Å²) in [6.07, 6.45) is -4.00. The second kappa shape index (κ2) is 5.27. The fourth-order valence-electron chi connectivity index (χ4n) is 1.64. The molecule has 15 heavy (non-hydrogen) atoms. The number of rotatable bonds is 3. The van der Waals surface area contributed by atoms with Crippen molar-refractivity contribution in [3.63, 3.8) is 0 Å². The SMILES string of the molecule is C=C(CCl)CC1OC(C)C(O)C(O)C1O. The second-order valence-corrected chi connectivity index (χ2v) is 4.21. The van der Waals surface area contributed by atoms with E-state index in [1.165, 1.54) is 0 Å². The van der Waals surface area contributed by atoms with Crippen molar-refractivity contribution in [1.82, 2.24) is 0 Å². The lowest BCUT2D eigenvalue weighted by Crippen LogP contribution is -2.56. The summed E-state index contributed by atoms with van der Waals surface area (Å²) in [7, 11) is 0. The zero-order chi connectivity index (χ0) is 11.6. The van der Waals surface area contributed by atoms with Gasteiger partial charge in [-0.15, -0.1) is 11.6 Å². The molecular weight excluding hydrogens is 220 g/mol. The first-order valence-corrected chi connectivity index (χ1v) is 5.43. The molecule has 5 atom stereocenters. The fourth-order valence-corrected chi connectivity index (χ4v) is 1.75. The minimum absolute atomic E-state index is 0.291. The number of aliphatic hydroxyl groups excluding tert-OH is 3. The largest absolute Gasteiger partial charge is 0.388 e. The van der Waals surface area contributed by atoms with Gasteiger partial charge in [-0.05, 0) is 13.3 Å². The van der Waals surface area contributed by atoms with E-state index in [0.717, 1.165) is 5.57 Å². The molecule has 1 fully saturated rings. The van der Waals surface area contributed by atoms with E-state index in [0.29, 0.717) is 12.3 Å². The molecule has 0 bridgehead atoms. The Hall–Kier alpha value is -0.130. The van der Waals surface area contributed by atoms with Crippen molar-refractivity contribution in [2.75, 3.05) is 5.88 Å². The first kappa shape index (κ1) is 12.9. The number of aliphatic hydroxyl groups is 3. The average Bonchev–Trinajstić information content (AvgIpc) is 2.22. The van der Waals surface area contributed by atoms with E-state index in [1.54, 1.807) is 6.92 Å². The lowest BCUT2D eigenvalue weighted by atomic mass is 9.92. The molecular formula is C10H17ClO4. The summed E-state index contributed by atoms with van der Waals surface area (Å²) >= 11 is 5.57. The van der Waals surface area contributed by atoms with Gasteiger partial charge in [0.1, 0.15) is 18.3 Å². The Labute approximate surface area is 94.1 Å². The number of halogens is 1. The summed E-state index contributed by atoms with van der Waals surface area (Å²) in [6.45, 7) is 5.35. The van der Waals surface area contributed by atoms with Crippen molar-refractivity contribution in [2.45, 2.75) is 43.9 Å². The minimum atomic E-state index is -1.18. The summed E-state index contributed by atoms with van der Waals surface area (Å²) < 4.78 is 5.37. The highest BCUT2D eigenvalue weighted by molar-refractivity contribution is 6.19. The molecule has 0 aromatic carbocycles. The predicted molar refractivity (Wildman–Crippen MR) is 56.8 cm³/mol. The minimum Gasteiger partial charge on any atom is -0.388 e. The molecule has 0 amide bonds. The third-order valence-corrected chi connectivity index (χ3v) is 3.01. The van der Waals surface area contributed by atoms with Gasteiger partial charge in [0.2, 0.25) is 0 Å². The maximum absolute atomic E-state index is 9.65. The van der Waals surface area contributed by atoms with Crippen LogP contribution in [0.2, 0.25) is 0 Å². The third kappa shape index (κ3) is 2.92. The van der Waals surface area contributed by atoms with E-state index < -0.39 is 30.5 Å². The molecule has 0 aliphatic carbocycles. The van der Waals surface area contributed by atoms with Crippen molar-refractivity contribution in [1.29, 1.82) is 0 Å². The molecule has 1 rings (SSSR count). The molecule has 0 aromatic rings. The molecule has 0 aromatic heterocycles. The zero-order valence-corrected chi connectivity index (χ0v) is 9.39. The summed E-state index contributed by atoms with van der Waals surface area (Å²) in [6, 6.07) is 0. The van der Waals surface area contributed by atoms with Gasteiger partial charge in [0.15, 0.2) is 0 Å². The molecule has 5 heteroatoms. The highest BCUT2D eigenvalue weighted by Crippen LogP contribution is 2.24. The quantitative estimate of drug-likeness (QED) is 0.478. The van der Waals surface area contributed by atoms with Crippen LogP contribution in [0.5, 0.6) is 0 Å². The van der Waals surface area contributed by atoms with Gasteiger partial charge < -0.3 is 20.1 Å². The highest BCUT2D eigenvalue weighted by atomic mass is 35.5. The van der Waals surface area contributed by atoms with Crippen LogP contribution in [0.1, 0.15) is 13.3 Å². The van der Waals surface area contributed by atoms with Gasteiger partial charge in [0.05, 0.1) is 12.2 Å². The Morgan fingerprint density at radius 1 is 1.27 bits per heavy atom. The van der Waals surface area contributed by atoms with Gasteiger partial charge >= 0.3 is 0 Å². The van der Waals surface area contributed by atoms with Crippen LogP contribution in [0.3, 0.4) is 0 Å². The van der Waals surface area contributed by atoms with Crippen LogP contribution in [0, 0.1) is 0 Å². The normalized spacial score (nSPS) is 41.5. The highest BCUT2D eigenvalue weighted by Gasteiger charge is 2.41. The maximum Gasteiger partial charge on any atom is 0.111 e. The molecule has 0 radical (unpaired) electrons. The van der Waals surface area contributed by atoms with Crippen LogP contribution >= 0.6 is 11.6 Å². The molecule has 88 valence electrons. The number of ether oxygens (including phenoxy) is 1. The summed E-state index contributed by atoms with van der Waals surface area (Å²) in [5, 5.41) is 28.6. The van der Waals surface area contributed by atoms with E-state index in [-0.39, 0.29) is 0 Å². The van der Waals surface area contributed by atoms with Gasteiger partial charge in [-0.3, -0.25) is 0 Å². The molecule has 5 unspecified atom stereocenters. The average molecular weight is 237 g/mol. The van der Waals surface area contributed by atoms with E-state index in [2.05, 4.69) is 6.58 Å². The van der Waals surface area contributed by atoms with Gasteiger partial charge in [-0.25, -0.2) is 0 Å². The molecule has 1 saturated heterocycles. The lowest BCUT2D eigenvalue weighted by molar-refractivity contribution is -0.216. The lowest BCUT2D eigenvalue weighted by Gasteiger charge is -2.39. The van der Waals surface area contributed by atoms with Gasteiger partial charge in [0, 0.05) is 5.88 Å². The first-order valence-electron chi connectivity index (χ1n) is 4.89. The van der Waals surface area contributed by atoms with Crippen molar-refractivity contribution in [2.24, 2.45) is 0 Å². The van der Waals surface area contributed by atoms with E-state index in [1.807, 2.05) is 0 Å². The van der Waals surface area contributed by atoms with Crippen molar-refractivity contribution in [3.8, 4) is 0 Å². The molecule has 3 N–H and O–H groups in total. The van der Waals surface area contributed by atoms with Crippen molar-refractivity contribution < 1.29 is 20.1 Å². The monoisotopic (exact) mass is 236 g/mol. The Bertz CT molecular complexity index is 233. The predicted octanol–water partition coefficient (Wildman–Crippen LogP) is 0.0415. The van der Waals surface area contributed by atoms with Crippen LogP contribution < -0.4 is 0 Å². The van der Waals surface area contributed by atoms with E-state index in [4.69, 9.17) is 16.3 Å². The van der Waals surface area contributed by atoms with E-state index in [9.17, 15) is 15.3 Å². The smallest absolute Gasteiger partial charge is 0.111 e. The number of hydrogen-bond acceptors (Lipinski definition) is 4. The molecule has 1 aliphatic rings. The molecule has 4 nitrogen and oxygen atoms in total. The van der Waals surface area contributed by atoms with Gasteiger partial charge in [-0.2, -0.15) is 0 Å². The molecule has 1 aliphatic heterocycles. The van der Waals surface area contributed by atoms with E-state index >= 15 is 0 Å². The van der Waals surface area contributed by atoms with Gasteiger partial charge in [-0.1, -0.05) is 12.2 Å². The summed E-state index contributed by atoms with van der Waals surface area (Å²) in [5.41, 5.74) is 0.733. The topological polar surface area (TPSA) is 69.9 Å². The third-order valence-electron chi connectivity index (χ3n) is 2.63. The number of alkyl halides is 1. The summed E-state index contributed by atoms with van der Waals surface area (Å²) in [5.74, 6) is 0.291. The Morgan fingerprint density at radius 2 is 1.87 bits per heavy atom. The molecule has 0 saturated carbocycles. The zero-order valence-electron chi connectivity index (χ0n) is 8.64. The maximum atomic E-state index is 9.65. The van der Waals surface area contributed by atoms with Crippen LogP contribution in [0.25, 0.3) is 0 Å². The van der Waals surface area contributed by atoms with Crippen LogP contribution in [0.15, 0.2) is 12.2 Å².